The van der Waals surface area contributed by atoms with E-state index >= 15 is 0 Å². The first-order chi connectivity index (χ1) is 12.7. The summed E-state index contributed by atoms with van der Waals surface area (Å²) in [5.41, 5.74) is 0.735. The van der Waals surface area contributed by atoms with E-state index in [1.54, 1.807) is 23.4 Å². The third-order valence-electron chi connectivity index (χ3n) is 5.03. The van der Waals surface area contributed by atoms with Crippen molar-refractivity contribution >= 4 is 11.8 Å². The Bertz CT molecular complexity index is 762. The van der Waals surface area contributed by atoms with E-state index in [9.17, 15) is 9.59 Å². The summed E-state index contributed by atoms with van der Waals surface area (Å²) in [4.78, 5) is 31.4. The van der Waals surface area contributed by atoms with Crippen LogP contribution in [-0.2, 0) is 27.3 Å². The van der Waals surface area contributed by atoms with Crippen LogP contribution in [0.15, 0.2) is 47.2 Å². The SMILES string of the molecule is O=C(NCc1ccco1)[C@@H]1CN(C(=O)Cc2ccccn2)[C@H]2CCO[C@H]12. The van der Waals surface area contributed by atoms with Gasteiger partial charge in [0, 0.05) is 25.0 Å². The van der Waals surface area contributed by atoms with Gasteiger partial charge in [0.1, 0.15) is 5.76 Å². The van der Waals surface area contributed by atoms with Gasteiger partial charge in [-0.25, -0.2) is 0 Å². The smallest absolute Gasteiger partial charge is 0.228 e. The van der Waals surface area contributed by atoms with Crippen molar-refractivity contribution in [1.29, 1.82) is 0 Å². The molecule has 4 rings (SSSR count). The number of hydrogen-bond donors (Lipinski definition) is 1. The minimum atomic E-state index is -0.356. The Morgan fingerprint density at radius 2 is 2.19 bits per heavy atom. The molecule has 2 amide bonds. The Hall–Kier alpha value is -2.67. The molecule has 7 nitrogen and oxygen atoms in total. The largest absolute Gasteiger partial charge is 0.467 e. The number of amides is 2. The highest BCUT2D eigenvalue weighted by molar-refractivity contribution is 5.84. The molecule has 4 heterocycles. The van der Waals surface area contributed by atoms with E-state index in [1.807, 2.05) is 24.3 Å². The molecule has 0 aliphatic carbocycles. The van der Waals surface area contributed by atoms with Crippen molar-refractivity contribution in [2.75, 3.05) is 13.2 Å². The monoisotopic (exact) mass is 355 g/mol. The topological polar surface area (TPSA) is 84.7 Å². The molecule has 3 atom stereocenters. The lowest BCUT2D eigenvalue weighted by Crippen LogP contribution is -2.38. The Labute approximate surface area is 151 Å². The zero-order valence-corrected chi connectivity index (χ0v) is 14.3. The van der Waals surface area contributed by atoms with Gasteiger partial charge < -0.3 is 19.4 Å². The van der Waals surface area contributed by atoms with Crippen molar-refractivity contribution < 1.29 is 18.7 Å². The standard InChI is InChI=1S/C19H21N3O4/c23-17(10-13-4-1-2-7-20-13)22-12-15(18-16(22)6-9-26-18)19(24)21-11-14-5-3-8-25-14/h1-5,7-8,15-16,18H,6,9-12H2,(H,21,24)/t15-,16+,18-/m1/s1. The van der Waals surface area contributed by atoms with Crippen molar-refractivity contribution in [3.8, 4) is 0 Å². The van der Waals surface area contributed by atoms with Gasteiger partial charge in [-0.05, 0) is 30.7 Å². The summed E-state index contributed by atoms with van der Waals surface area (Å²) in [5.74, 6) is 0.227. The Morgan fingerprint density at radius 3 is 2.96 bits per heavy atom. The highest BCUT2D eigenvalue weighted by Gasteiger charge is 2.50. The molecule has 0 saturated carbocycles. The molecule has 0 bridgehead atoms. The van der Waals surface area contributed by atoms with Crippen LogP contribution in [0.2, 0.25) is 0 Å². The van der Waals surface area contributed by atoms with E-state index in [0.717, 1.165) is 12.1 Å². The predicted octanol–water partition coefficient (Wildman–Crippen LogP) is 1.15. The van der Waals surface area contributed by atoms with Crippen molar-refractivity contribution in [3.63, 3.8) is 0 Å². The quantitative estimate of drug-likeness (QED) is 0.870. The van der Waals surface area contributed by atoms with Crippen LogP contribution in [0.3, 0.4) is 0 Å². The minimum absolute atomic E-state index is 0.00876. The van der Waals surface area contributed by atoms with Crippen molar-refractivity contribution in [2.24, 2.45) is 5.92 Å². The lowest BCUT2D eigenvalue weighted by atomic mass is 10.0. The number of nitrogens with one attached hydrogen (secondary N) is 1. The Balaban J connectivity index is 1.41. The van der Waals surface area contributed by atoms with Gasteiger partial charge in [-0.2, -0.15) is 0 Å². The Morgan fingerprint density at radius 1 is 1.27 bits per heavy atom. The molecule has 26 heavy (non-hydrogen) atoms. The summed E-state index contributed by atoms with van der Waals surface area (Å²) in [6.07, 6.45) is 4.02. The minimum Gasteiger partial charge on any atom is -0.467 e. The van der Waals surface area contributed by atoms with Crippen LogP contribution in [0.25, 0.3) is 0 Å². The molecule has 0 aromatic carbocycles. The van der Waals surface area contributed by atoms with Crippen LogP contribution in [-0.4, -0.2) is 47.0 Å². The van der Waals surface area contributed by atoms with Gasteiger partial charge in [0.05, 0.1) is 37.3 Å². The molecule has 2 aliphatic rings. The van der Waals surface area contributed by atoms with Gasteiger partial charge in [0.25, 0.3) is 0 Å². The molecule has 0 spiro atoms. The van der Waals surface area contributed by atoms with Crippen LogP contribution in [0, 0.1) is 5.92 Å². The van der Waals surface area contributed by atoms with Crippen molar-refractivity contribution in [1.82, 2.24) is 15.2 Å². The number of fused-ring (bicyclic) bond motifs is 1. The first-order valence-electron chi connectivity index (χ1n) is 8.83. The van der Waals surface area contributed by atoms with Gasteiger partial charge >= 0.3 is 0 Å². The number of aromatic nitrogens is 1. The highest BCUT2D eigenvalue weighted by Crippen LogP contribution is 2.34. The summed E-state index contributed by atoms with van der Waals surface area (Å²) in [6.45, 7) is 1.29. The maximum absolute atomic E-state index is 12.8. The van der Waals surface area contributed by atoms with Gasteiger partial charge in [-0.1, -0.05) is 6.07 Å². The molecule has 1 N–H and O–H groups in total. The van der Waals surface area contributed by atoms with E-state index < -0.39 is 0 Å². The molecule has 0 unspecified atom stereocenters. The molecular formula is C19H21N3O4. The maximum Gasteiger partial charge on any atom is 0.228 e. The fourth-order valence-corrected chi connectivity index (χ4v) is 3.77. The lowest BCUT2D eigenvalue weighted by molar-refractivity contribution is -0.131. The van der Waals surface area contributed by atoms with E-state index in [-0.39, 0.29) is 36.3 Å². The third-order valence-corrected chi connectivity index (χ3v) is 5.03. The average molecular weight is 355 g/mol. The lowest BCUT2D eigenvalue weighted by Gasteiger charge is -2.22. The van der Waals surface area contributed by atoms with Crippen LogP contribution < -0.4 is 5.32 Å². The van der Waals surface area contributed by atoms with Gasteiger partial charge in [0.15, 0.2) is 0 Å². The summed E-state index contributed by atoms with van der Waals surface area (Å²) in [7, 11) is 0. The number of carbonyl (C=O) groups excluding carboxylic acids is 2. The third kappa shape index (κ3) is 3.35. The maximum atomic E-state index is 12.8. The zero-order chi connectivity index (χ0) is 17.9. The summed E-state index contributed by atoms with van der Waals surface area (Å²) in [5, 5.41) is 2.89. The highest BCUT2D eigenvalue weighted by atomic mass is 16.5. The number of pyridine rings is 1. The van der Waals surface area contributed by atoms with Gasteiger partial charge in [-0.3, -0.25) is 14.6 Å². The fraction of sp³-hybridized carbons (Fsp3) is 0.421. The van der Waals surface area contributed by atoms with E-state index in [1.165, 1.54) is 0 Å². The number of likely N-dealkylation sites (tertiary alicyclic amines) is 1. The van der Waals surface area contributed by atoms with E-state index in [0.29, 0.717) is 25.5 Å². The van der Waals surface area contributed by atoms with Crippen LogP contribution in [0.1, 0.15) is 17.9 Å². The molecule has 2 saturated heterocycles. The summed E-state index contributed by atoms with van der Waals surface area (Å²) < 4.78 is 11.0. The second kappa shape index (κ2) is 7.29. The van der Waals surface area contributed by atoms with Crippen molar-refractivity contribution in [3.05, 3.63) is 54.2 Å². The zero-order valence-electron chi connectivity index (χ0n) is 14.3. The predicted molar refractivity (Wildman–Crippen MR) is 91.8 cm³/mol. The van der Waals surface area contributed by atoms with Crippen molar-refractivity contribution in [2.45, 2.75) is 31.5 Å². The molecule has 2 aromatic rings. The Kier molecular flexibility index (Phi) is 4.71. The van der Waals surface area contributed by atoms with Gasteiger partial charge in [0.2, 0.25) is 11.8 Å². The normalized spacial score (nSPS) is 24.5. The second-order valence-corrected chi connectivity index (χ2v) is 6.64. The molecule has 136 valence electrons. The first-order valence-corrected chi connectivity index (χ1v) is 8.83. The average Bonchev–Trinajstić information content (AvgIpc) is 3.38. The molecule has 0 radical (unpaired) electrons. The van der Waals surface area contributed by atoms with E-state index in [2.05, 4.69) is 10.3 Å². The molecule has 2 fully saturated rings. The molecule has 7 heteroatoms. The summed E-state index contributed by atoms with van der Waals surface area (Å²) >= 11 is 0. The number of hydrogen-bond acceptors (Lipinski definition) is 5. The molecular weight excluding hydrogens is 334 g/mol. The van der Waals surface area contributed by atoms with Crippen LogP contribution in [0.4, 0.5) is 0 Å². The van der Waals surface area contributed by atoms with Gasteiger partial charge in [-0.15, -0.1) is 0 Å². The fourth-order valence-electron chi connectivity index (χ4n) is 3.77. The van der Waals surface area contributed by atoms with Crippen LogP contribution >= 0.6 is 0 Å². The molecule has 2 aromatic heterocycles. The summed E-state index contributed by atoms with van der Waals surface area (Å²) in [6, 6.07) is 9.09. The number of ether oxygens (including phenoxy) is 1. The molecule has 2 aliphatic heterocycles. The number of carbonyl (C=O) groups is 2. The number of nitrogens with zero attached hydrogens (tertiary/aromatic N) is 2. The van der Waals surface area contributed by atoms with E-state index in [4.69, 9.17) is 9.15 Å². The number of rotatable bonds is 5. The number of furan rings is 1. The first kappa shape index (κ1) is 16.8. The van der Waals surface area contributed by atoms with Crippen LogP contribution in [0.5, 0.6) is 0 Å². The second-order valence-electron chi connectivity index (χ2n) is 6.64.